The molecule has 5 rings (SSSR count). The third kappa shape index (κ3) is 5.39. The van der Waals surface area contributed by atoms with Crippen molar-refractivity contribution in [1.29, 1.82) is 5.26 Å². The number of phenols is 1. The number of aromatic hydroxyl groups is 1. The highest BCUT2D eigenvalue weighted by molar-refractivity contribution is 6.34. The minimum Gasteiger partial charge on any atom is -0.503 e. The Bertz CT molecular complexity index is 2010. The van der Waals surface area contributed by atoms with Crippen molar-refractivity contribution in [3.63, 3.8) is 0 Å². The predicted molar refractivity (Wildman–Crippen MR) is 180 cm³/mol. The average molecular weight is 702 g/mol. The third-order valence-electron chi connectivity index (χ3n) is 8.88. The number of nitriles is 1. The predicted octanol–water partition coefficient (Wildman–Crippen LogP) is 6.69. The van der Waals surface area contributed by atoms with Crippen LogP contribution in [-0.2, 0) is 4.79 Å². The standard InChI is InChI=1S/C34H33Cl2F3N6O3/c1-8-22(46)44-17(5)13-43(14-18(44)6)31-19-11-21(35)28(23-25(37)24(36)27(39)32(47)26(23)38)41-33(19)45(34(48)20(31)12-40)30-16(4)9-10-42(7)29(30)15(2)3/h8-11,15,17-18,29,47H,1,13-14H2,2-7H3/t17-,18+,29?. The van der Waals surface area contributed by atoms with Gasteiger partial charge in [-0.3, -0.25) is 14.2 Å². The molecule has 4 heterocycles. The number of benzene rings is 1. The number of likely N-dealkylation sites (N-methyl/N-ethyl adjacent to an activating group) is 1. The van der Waals surface area contributed by atoms with Gasteiger partial charge in [-0.25, -0.2) is 18.2 Å². The first-order chi connectivity index (χ1) is 22.6. The summed E-state index contributed by atoms with van der Waals surface area (Å²) in [7, 11) is 1.83. The number of phenolic OH excluding ortho intramolecular Hbond substituents is 1. The molecule has 14 heteroatoms. The molecule has 2 aromatic heterocycles. The lowest BCUT2D eigenvalue weighted by Crippen LogP contribution is -2.58. The third-order valence-corrected chi connectivity index (χ3v) is 9.50. The number of fused-ring (bicyclic) bond motifs is 1. The summed E-state index contributed by atoms with van der Waals surface area (Å²) in [5.41, 5.74) is -1.30. The summed E-state index contributed by atoms with van der Waals surface area (Å²) in [5.74, 6) is -6.80. The number of piperazine rings is 1. The molecule has 0 aliphatic carbocycles. The van der Waals surface area contributed by atoms with Crippen LogP contribution < -0.4 is 10.5 Å². The fourth-order valence-electron chi connectivity index (χ4n) is 6.90. The van der Waals surface area contributed by atoms with Gasteiger partial charge in [0.2, 0.25) is 5.91 Å². The number of carbonyl (C=O) groups is 1. The Morgan fingerprint density at radius 2 is 1.79 bits per heavy atom. The molecule has 0 radical (unpaired) electrons. The number of pyridine rings is 2. The normalized spacial score (nSPS) is 19.8. The van der Waals surface area contributed by atoms with Gasteiger partial charge >= 0.3 is 0 Å². The number of hydrogen-bond donors (Lipinski definition) is 1. The van der Waals surface area contributed by atoms with Gasteiger partial charge in [-0.05, 0) is 56.7 Å². The number of rotatable bonds is 5. The zero-order valence-corrected chi connectivity index (χ0v) is 28.6. The molecule has 48 heavy (non-hydrogen) atoms. The van der Waals surface area contributed by atoms with E-state index in [4.69, 9.17) is 23.2 Å². The molecular weight excluding hydrogens is 668 g/mol. The van der Waals surface area contributed by atoms with Crippen molar-refractivity contribution >= 4 is 51.5 Å². The van der Waals surface area contributed by atoms with E-state index < -0.39 is 51.1 Å². The number of nitrogens with zero attached hydrogens (tertiary/aromatic N) is 6. The molecule has 1 N–H and O–H groups in total. The highest BCUT2D eigenvalue weighted by atomic mass is 35.5. The first kappa shape index (κ1) is 34.9. The Balaban J connectivity index is 1.94. The van der Waals surface area contributed by atoms with Crippen LogP contribution in [0, 0.1) is 34.7 Å². The maximum Gasteiger partial charge on any atom is 0.276 e. The van der Waals surface area contributed by atoms with E-state index in [9.17, 15) is 24.3 Å². The molecule has 0 spiro atoms. The van der Waals surface area contributed by atoms with E-state index in [1.807, 2.05) is 45.8 Å². The van der Waals surface area contributed by atoms with Crippen molar-refractivity contribution in [2.24, 2.45) is 5.92 Å². The van der Waals surface area contributed by atoms with Gasteiger partial charge in [0, 0.05) is 37.6 Å². The Labute approximate surface area is 285 Å². The number of aromatic nitrogens is 2. The Kier molecular flexibility index (Phi) is 9.34. The van der Waals surface area contributed by atoms with Gasteiger partial charge in [-0.2, -0.15) is 5.26 Å². The van der Waals surface area contributed by atoms with Gasteiger partial charge in [-0.1, -0.05) is 43.6 Å². The summed E-state index contributed by atoms with van der Waals surface area (Å²) >= 11 is 12.5. The number of carbonyl (C=O) groups excluding carboxylic acids is 1. The molecule has 1 fully saturated rings. The molecule has 3 aromatic rings. The molecule has 252 valence electrons. The van der Waals surface area contributed by atoms with Gasteiger partial charge in [-0.15, -0.1) is 0 Å². The lowest BCUT2D eigenvalue weighted by molar-refractivity contribution is -0.130. The molecule has 1 amide bonds. The van der Waals surface area contributed by atoms with E-state index in [-0.39, 0.29) is 64.3 Å². The first-order valence-electron chi connectivity index (χ1n) is 15.1. The number of halogens is 5. The Morgan fingerprint density at radius 3 is 2.35 bits per heavy atom. The smallest absolute Gasteiger partial charge is 0.276 e. The second-order valence-electron chi connectivity index (χ2n) is 12.4. The molecule has 1 saturated heterocycles. The van der Waals surface area contributed by atoms with Crippen molar-refractivity contribution in [1.82, 2.24) is 19.4 Å². The van der Waals surface area contributed by atoms with Crippen LogP contribution in [0.5, 0.6) is 5.75 Å². The van der Waals surface area contributed by atoms with Crippen LogP contribution in [0.15, 0.2) is 41.4 Å². The number of anilines is 1. The fourth-order valence-corrected chi connectivity index (χ4v) is 7.33. The summed E-state index contributed by atoms with van der Waals surface area (Å²) < 4.78 is 46.5. The van der Waals surface area contributed by atoms with Crippen LogP contribution >= 0.6 is 23.2 Å². The molecule has 2 aliphatic heterocycles. The van der Waals surface area contributed by atoms with Crippen molar-refractivity contribution < 1.29 is 23.1 Å². The van der Waals surface area contributed by atoms with Crippen LogP contribution in [0.4, 0.5) is 18.9 Å². The van der Waals surface area contributed by atoms with Crippen LogP contribution in [-0.4, -0.2) is 68.6 Å². The second kappa shape index (κ2) is 12.9. The number of hydrogen-bond acceptors (Lipinski definition) is 7. The van der Waals surface area contributed by atoms with Crippen LogP contribution in [0.2, 0.25) is 10.0 Å². The largest absolute Gasteiger partial charge is 0.503 e. The Morgan fingerprint density at radius 1 is 1.17 bits per heavy atom. The van der Waals surface area contributed by atoms with Crippen molar-refractivity contribution in [3.05, 3.63) is 80.0 Å². The maximum atomic E-state index is 15.5. The van der Waals surface area contributed by atoms with Gasteiger partial charge < -0.3 is 19.8 Å². The van der Waals surface area contributed by atoms with E-state index in [2.05, 4.69) is 17.6 Å². The molecule has 1 aromatic carbocycles. The highest BCUT2D eigenvalue weighted by Gasteiger charge is 2.37. The lowest BCUT2D eigenvalue weighted by atomic mass is 9.93. The summed E-state index contributed by atoms with van der Waals surface area (Å²) in [6.07, 6.45) is 4.87. The fraction of sp³-hybridized carbons (Fsp3) is 0.353. The summed E-state index contributed by atoms with van der Waals surface area (Å²) in [6, 6.07) is 2.26. The van der Waals surface area contributed by atoms with Gasteiger partial charge in [0.15, 0.2) is 23.2 Å². The van der Waals surface area contributed by atoms with E-state index in [1.165, 1.54) is 16.7 Å². The minimum atomic E-state index is -1.69. The molecule has 0 bridgehead atoms. The van der Waals surface area contributed by atoms with Crippen molar-refractivity contribution in [2.75, 3.05) is 25.0 Å². The minimum absolute atomic E-state index is 0.0660. The molecule has 2 aliphatic rings. The summed E-state index contributed by atoms with van der Waals surface area (Å²) in [6.45, 7) is 13.4. The first-order valence-corrected chi connectivity index (χ1v) is 15.9. The van der Waals surface area contributed by atoms with Crippen molar-refractivity contribution in [2.45, 2.75) is 52.7 Å². The molecule has 3 atom stereocenters. The maximum absolute atomic E-state index is 15.5. The van der Waals surface area contributed by atoms with E-state index in [0.29, 0.717) is 11.3 Å². The Hall–Kier alpha value is -4.47. The quantitative estimate of drug-likeness (QED) is 0.180. The van der Waals surface area contributed by atoms with E-state index >= 15 is 8.78 Å². The average Bonchev–Trinajstić information content (AvgIpc) is 3.03. The van der Waals surface area contributed by atoms with Crippen LogP contribution in [0.25, 0.3) is 28.0 Å². The van der Waals surface area contributed by atoms with E-state index in [1.54, 1.807) is 22.8 Å². The SMILES string of the molecule is C=CC(=O)N1[C@H](C)CN(c2c(C#N)c(=O)n(C3=C(C)C=CN(C)C3C(C)C)c3nc(-c4c(F)c(O)c(F)c(Cl)c4F)c(Cl)cc23)C[C@@H]1C. The molecule has 0 saturated carbocycles. The number of allylic oxidation sites excluding steroid dienone is 2. The summed E-state index contributed by atoms with van der Waals surface area (Å²) in [4.78, 5) is 37.2. The van der Waals surface area contributed by atoms with Crippen molar-refractivity contribution in [3.8, 4) is 23.1 Å². The zero-order valence-electron chi connectivity index (χ0n) is 27.1. The highest BCUT2D eigenvalue weighted by Crippen LogP contribution is 2.43. The van der Waals surface area contributed by atoms with Gasteiger partial charge in [0.25, 0.3) is 5.56 Å². The topological polar surface area (TPSA) is 106 Å². The van der Waals surface area contributed by atoms with E-state index in [0.717, 1.165) is 0 Å². The molecule has 9 nitrogen and oxygen atoms in total. The second-order valence-corrected chi connectivity index (χ2v) is 13.2. The summed E-state index contributed by atoms with van der Waals surface area (Å²) in [5, 5.41) is 19.4. The molecular formula is C34H33Cl2F3N6O3. The van der Waals surface area contributed by atoms with Gasteiger partial charge in [0.05, 0.1) is 33.7 Å². The monoisotopic (exact) mass is 700 g/mol. The lowest BCUT2D eigenvalue weighted by Gasteiger charge is -2.45. The van der Waals surface area contributed by atoms with Crippen LogP contribution in [0.1, 0.15) is 40.2 Å². The van der Waals surface area contributed by atoms with Crippen LogP contribution in [0.3, 0.4) is 0 Å². The zero-order chi connectivity index (χ0) is 35.5. The van der Waals surface area contributed by atoms with Gasteiger partial charge in [0.1, 0.15) is 22.3 Å². The molecule has 1 unspecified atom stereocenters. The number of amides is 1.